The number of rotatable bonds is 15. The molecular weight excluding hydrogens is 544 g/mol. The number of benzene rings is 2. The number of nitrogens with zero attached hydrogens (tertiary/aromatic N) is 4. The van der Waals surface area contributed by atoms with Gasteiger partial charge in [-0.3, -0.25) is 9.80 Å². The Morgan fingerprint density at radius 1 is 0.775 bits per heavy atom. The molecule has 1 aliphatic rings. The van der Waals surface area contributed by atoms with Crippen LogP contribution in [-0.4, -0.2) is 107 Å². The Morgan fingerprint density at radius 2 is 1.32 bits per heavy atom. The van der Waals surface area contributed by atoms with E-state index in [4.69, 9.17) is 8.37 Å². The monoisotopic (exact) mass is 590 g/mol. The average molecular weight is 591 g/mol. The molecule has 0 N–H and O–H groups in total. The van der Waals surface area contributed by atoms with Crippen molar-refractivity contribution in [3.05, 3.63) is 42.5 Å². The van der Waals surface area contributed by atoms with Crippen LogP contribution in [0.2, 0.25) is 0 Å². The van der Waals surface area contributed by atoms with Crippen molar-refractivity contribution in [3.63, 3.8) is 0 Å². The van der Waals surface area contributed by atoms with Crippen LogP contribution in [0.3, 0.4) is 0 Å². The fourth-order valence-electron chi connectivity index (χ4n) is 4.74. The van der Waals surface area contributed by atoms with Crippen molar-refractivity contribution in [1.29, 1.82) is 0 Å². The quantitative estimate of drug-likeness (QED) is 0.163. The zero-order valence-electron chi connectivity index (χ0n) is 24.9. The van der Waals surface area contributed by atoms with Crippen LogP contribution in [0.5, 0.6) is 0 Å². The fraction of sp³-hybridized carbons (Fsp3) is 0.567. The molecule has 0 saturated carbocycles. The van der Waals surface area contributed by atoms with E-state index in [0.29, 0.717) is 6.54 Å². The van der Waals surface area contributed by atoms with Crippen LogP contribution in [0.25, 0.3) is 10.8 Å². The van der Waals surface area contributed by atoms with Gasteiger partial charge in [0.25, 0.3) is 0 Å². The second kappa shape index (κ2) is 16.5. The van der Waals surface area contributed by atoms with Gasteiger partial charge in [0.1, 0.15) is 0 Å². The molecule has 222 valence electrons. The number of hydrogen-bond donors (Lipinski definition) is 0. The molecule has 0 spiro atoms. The Morgan fingerprint density at radius 3 is 1.88 bits per heavy atom. The van der Waals surface area contributed by atoms with Crippen molar-refractivity contribution in [3.8, 4) is 0 Å². The Balaban J connectivity index is 1.92. The molecule has 2 aromatic carbocycles. The van der Waals surface area contributed by atoms with Crippen LogP contribution in [0.15, 0.2) is 47.4 Å². The van der Waals surface area contributed by atoms with E-state index >= 15 is 0 Å². The lowest BCUT2D eigenvalue weighted by Crippen LogP contribution is -2.52. The van der Waals surface area contributed by atoms with Gasteiger partial charge >= 0.3 is 11.9 Å². The summed E-state index contributed by atoms with van der Waals surface area (Å²) in [5.41, 5.74) is 0. The van der Waals surface area contributed by atoms with E-state index < -0.39 is 23.0 Å². The summed E-state index contributed by atoms with van der Waals surface area (Å²) < 4.78 is 11.1. The first-order valence-corrected chi connectivity index (χ1v) is 16.5. The first kappa shape index (κ1) is 32.6. The lowest BCUT2D eigenvalue weighted by atomic mass is 10.1. The summed E-state index contributed by atoms with van der Waals surface area (Å²) in [6.45, 7) is 20.7. The molecule has 0 atom stereocenters. The van der Waals surface area contributed by atoms with Crippen LogP contribution in [-0.2, 0) is 18.0 Å². The summed E-state index contributed by atoms with van der Waals surface area (Å²) in [4.78, 5) is 34.9. The van der Waals surface area contributed by atoms with Gasteiger partial charge in [0.15, 0.2) is 5.11 Å². The minimum Gasteiger partial charge on any atom is -0.353 e. The highest BCUT2D eigenvalue weighted by molar-refractivity contribution is 8.08. The predicted octanol–water partition coefficient (Wildman–Crippen LogP) is 4.91. The molecule has 40 heavy (non-hydrogen) atoms. The van der Waals surface area contributed by atoms with Gasteiger partial charge in [-0.25, -0.2) is 9.59 Å². The molecule has 10 heteroatoms. The SMILES string of the molecule is CCN(CC)CCN(CCN(CC)CC)C(N(CCSc1cccc2ccccc12)C(C)C)=S1OC(=O)C(=O)O1. The predicted molar refractivity (Wildman–Crippen MR) is 168 cm³/mol. The number of hydrogen-bond acceptors (Lipinski definition) is 7. The summed E-state index contributed by atoms with van der Waals surface area (Å²) in [6.07, 6.45) is 0. The van der Waals surface area contributed by atoms with E-state index in [1.165, 1.54) is 15.7 Å². The van der Waals surface area contributed by atoms with Gasteiger partial charge in [-0.05, 0) is 56.9 Å². The number of carbonyl (C=O) groups excluding carboxylic acids is 2. The summed E-state index contributed by atoms with van der Waals surface area (Å²) in [5, 5.41) is 3.26. The third-order valence-electron chi connectivity index (χ3n) is 7.26. The number of likely N-dealkylation sites (N-methyl/N-ethyl adjacent to an activating group) is 2. The lowest BCUT2D eigenvalue weighted by Gasteiger charge is -2.37. The zero-order chi connectivity index (χ0) is 29.1. The maximum Gasteiger partial charge on any atom is 0.432 e. The first-order valence-electron chi connectivity index (χ1n) is 14.5. The third-order valence-corrected chi connectivity index (χ3v) is 9.71. The zero-order valence-corrected chi connectivity index (χ0v) is 26.6. The average Bonchev–Trinajstić information content (AvgIpc) is 3.29. The van der Waals surface area contributed by atoms with Crippen LogP contribution < -0.4 is 0 Å². The van der Waals surface area contributed by atoms with E-state index in [1.54, 1.807) is 0 Å². The molecule has 1 aliphatic heterocycles. The molecule has 0 amide bonds. The molecule has 0 radical (unpaired) electrons. The summed E-state index contributed by atoms with van der Waals surface area (Å²) >= 11 is 0.427. The number of carbonyl (C=O) groups is 2. The molecule has 0 bridgehead atoms. The van der Waals surface area contributed by atoms with Gasteiger partial charge < -0.3 is 18.2 Å². The van der Waals surface area contributed by atoms with E-state index in [-0.39, 0.29) is 6.04 Å². The second-order valence-corrected chi connectivity index (χ2v) is 12.2. The smallest absolute Gasteiger partial charge is 0.353 e. The lowest BCUT2D eigenvalue weighted by molar-refractivity contribution is -0.150. The minimum atomic E-state index is -1.39. The second-order valence-electron chi connectivity index (χ2n) is 9.91. The van der Waals surface area contributed by atoms with Crippen molar-refractivity contribution in [2.45, 2.75) is 52.5 Å². The van der Waals surface area contributed by atoms with E-state index in [1.807, 2.05) is 11.8 Å². The molecule has 0 unspecified atom stereocenters. The van der Waals surface area contributed by atoms with Crippen molar-refractivity contribution in [1.82, 2.24) is 19.6 Å². The van der Waals surface area contributed by atoms with Crippen molar-refractivity contribution in [2.75, 3.05) is 64.7 Å². The van der Waals surface area contributed by atoms with Gasteiger partial charge in [0, 0.05) is 49.4 Å². The highest BCUT2D eigenvalue weighted by atomic mass is 32.2. The standard InChI is InChI=1S/C30H46N4O4S2/c1-7-31(8-2)18-20-33(21-19-32(9-3)10-4)30(40-37-28(35)29(36)38-40)34(24(5)6)22-23-39-27-17-13-15-25-14-11-12-16-26(25)27/h11-17,24H,7-10,18-23H2,1-6H3. The van der Waals surface area contributed by atoms with Gasteiger partial charge in [-0.15, -0.1) is 11.8 Å². The van der Waals surface area contributed by atoms with Crippen LogP contribution in [0.1, 0.15) is 41.5 Å². The molecule has 1 fully saturated rings. The van der Waals surface area contributed by atoms with Crippen LogP contribution in [0.4, 0.5) is 0 Å². The number of thioether (sulfide) groups is 1. The van der Waals surface area contributed by atoms with E-state index in [0.717, 1.165) is 63.2 Å². The molecule has 0 aliphatic carbocycles. The molecule has 0 aromatic heterocycles. The van der Waals surface area contributed by atoms with Gasteiger partial charge in [0.05, 0.1) is 0 Å². The van der Waals surface area contributed by atoms with Crippen molar-refractivity contribution in [2.24, 2.45) is 0 Å². The Labute approximate surface area is 247 Å². The summed E-state index contributed by atoms with van der Waals surface area (Å²) in [7, 11) is 0. The minimum absolute atomic E-state index is 0.109. The highest BCUT2D eigenvalue weighted by Crippen LogP contribution is 2.31. The maximum absolute atomic E-state index is 12.2. The van der Waals surface area contributed by atoms with Gasteiger partial charge in [-0.1, -0.05) is 64.1 Å². The normalized spacial score (nSPS) is 14.4. The molecule has 2 aromatic rings. The van der Waals surface area contributed by atoms with E-state index in [2.05, 4.69) is 104 Å². The van der Waals surface area contributed by atoms with E-state index in [9.17, 15) is 9.59 Å². The van der Waals surface area contributed by atoms with Gasteiger partial charge in [-0.2, -0.15) is 0 Å². The molecular formula is C30H46N4O4S2. The summed E-state index contributed by atoms with van der Waals surface area (Å²) in [6, 6.07) is 15.0. The Hall–Kier alpha value is -1.95. The third kappa shape index (κ3) is 8.77. The molecule has 3 rings (SSSR count). The maximum atomic E-state index is 12.2. The van der Waals surface area contributed by atoms with Crippen molar-refractivity contribution >= 4 is 50.6 Å². The van der Waals surface area contributed by atoms with Crippen molar-refractivity contribution < 1.29 is 18.0 Å². The van der Waals surface area contributed by atoms with Crippen LogP contribution >= 0.6 is 22.8 Å². The molecule has 8 nitrogen and oxygen atoms in total. The highest BCUT2D eigenvalue weighted by Gasteiger charge is 2.37. The Kier molecular flexibility index (Phi) is 13.4. The molecule has 1 heterocycles. The van der Waals surface area contributed by atoms with Crippen LogP contribution in [0, 0.1) is 0 Å². The largest absolute Gasteiger partial charge is 0.432 e. The fourth-order valence-corrected chi connectivity index (χ4v) is 7.24. The molecule has 1 saturated heterocycles. The van der Waals surface area contributed by atoms with Gasteiger partial charge in [0.2, 0.25) is 11.0 Å². The number of fused-ring (bicyclic) bond motifs is 1. The first-order chi connectivity index (χ1) is 19.3. The topological polar surface area (TPSA) is 65.6 Å². The summed E-state index contributed by atoms with van der Waals surface area (Å²) in [5.74, 6) is -1.00. The Bertz CT molecular complexity index is 1110.